The molecule has 0 aliphatic rings. The molecule has 0 spiro atoms. The molecule has 0 saturated carbocycles. The van der Waals surface area contributed by atoms with E-state index in [9.17, 15) is 14.7 Å². The molecule has 0 aliphatic heterocycles. The highest BCUT2D eigenvalue weighted by atomic mass is 32.1. The topological polar surface area (TPSA) is 75.6 Å². The smallest absolute Gasteiger partial charge is 0.408 e. The predicted octanol–water partition coefficient (Wildman–Crippen LogP) is 3.82. The molecule has 1 aromatic heterocycles. The molecule has 2 aromatic carbocycles. The molecule has 3 rings (SSSR count). The first kappa shape index (κ1) is 17.0. The molecule has 6 heteroatoms. The van der Waals surface area contributed by atoms with Crippen LogP contribution < -0.4 is 5.32 Å². The van der Waals surface area contributed by atoms with Crippen LogP contribution in [0.2, 0.25) is 0 Å². The summed E-state index contributed by atoms with van der Waals surface area (Å²) < 4.78 is 6.20. The van der Waals surface area contributed by atoms with Gasteiger partial charge in [-0.2, -0.15) is 0 Å². The number of thiophene rings is 1. The number of carboxylic acids is 1. The SMILES string of the molecule is O=C(N[C@@H](Cc1csc2ccccc12)C(=O)O)OCc1ccccc1. The van der Waals surface area contributed by atoms with Crippen LogP contribution >= 0.6 is 11.3 Å². The summed E-state index contributed by atoms with van der Waals surface area (Å²) in [4.78, 5) is 23.4. The van der Waals surface area contributed by atoms with E-state index in [0.717, 1.165) is 21.2 Å². The fourth-order valence-electron chi connectivity index (χ4n) is 2.52. The van der Waals surface area contributed by atoms with E-state index in [1.54, 1.807) is 11.3 Å². The van der Waals surface area contributed by atoms with Crippen molar-refractivity contribution < 1.29 is 19.4 Å². The highest BCUT2D eigenvalue weighted by Crippen LogP contribution is 2.26. The largest absolute Gasteiger partial charge is 0.480 e. The number of fused-ring (bicyclic) bond motifs is 1. The number of hydrogen-bond acceptors (Lipinski definition) is 4. The molecule has 5 nitrogen and oxygen atoms in total. The van der Waals surface area contributed by atoms with Crippen LogP contribution in [0.3, 0.4) is 0 Å². The third-order valence-electron chi connectivity index (χ3n) is 3.79. The van der Waals surface area contributed by atoms with Crippen molar-refractivity contribution in [3.8, 4) is 0 Å². The lowest BCUT2D eigenvalue weighted by Gasteiger charge is -2.14. The summed E-state index contributed by atoms with van der Waals surface area (Å²) in [5, 5.41) is 14.8. The van der Waals surface area contributed by atoms with E-state index < -0.39 is 18.1 Å². The number of alkyl carbamates (subject to hydrolysis) is 1. The van der Waals surface area contributed by atoms with E-state index in [1.807, 2.05) is 60.0 Å². The number of aliphatic carboxylic acids is 1. The van der Waals surface area contributed by atoms with E-state index in [-0.39, 0.29) is 13.0 Å². The quantitative estimate of drug-likeness (QED) is 0.705. The maximum atomic E-state index is 11.9. The number of ether oxygens (including phenoxy) is 1. The Labute approximate surface area is 148 Å². The van der Waals surface area contributed by atoms with Crippen molar-refractivity contribution in [1.29, 1.82) is 0 Å². The lowest BCUT2D eigenvalue weighted by Crippen LogP contribution is -2.42. The summed E-state index contributed by atoms with van der Waals surface area (Å²) >= 11 is 1.56. The molecule has 2 N–H and O–H groups in total. The fraction of sp³-hybridized carbons (Fsp3) is 0.158. The van der Waals surface area contributed by atoms with E-state index >= 15 is 0 Å². The maximum Gasteiger partial charge on any atom is 0.408 e. The first-order valence-electron chi connectivity index (χ1n) is 7.78. The van der Waals surface area contributed by atoms with Gasteiger partial charge in [0.1, 0.15) is 12.6 Å². The molecule has 0 fully saturated rings. The highest BCUT2D eigenvalue weighted by molar-refractivity contribution is 7.17. The van der Waals surface area contributed by atoms with Crippen molar-refractivity contribution in [2.75, 3.05) is 0 Å². The van der Waals surface area contributed by atoms with E-state index in [1.165, 1.54) is 0 Å². The van der Waals surface area contributed by atoms with Gasteiger partial charge in [-0.1, -0.05) is 48.5 Å². The number of carbonyl (C=O) groups excluding carboxylic acids is 1. The molecule has 0 unspecified atom stereocenters. The van der Waals surface area contributed by atoms with E-state index in [0.29, 0.717) is 0 Å². The number of rotatable bonds is 6. The number of amides is 1. The zero-order chi connectivity index (χ0) is 17.6. The van der Waals surface area contributed by atoms with Gasteiger partial charge < -0.3 is 15.2 Å². The standard InChI is InChI=1S/C19H17NO4S/c21-18(22)16(10-14-12-25-17-9-5-4-8-15(14)17)20-19(23)24-11-13-6-2-1-3-7-13/h1-9,12,16H,10-11H2,(H,20,23)(H,21,22)/t16-/m0/s1. The van der Waals surface area contributed by atoms with Crippen LogP contribution in [0.25, 0.3) is 10.1 Å². The van der Waals surface area contributed by atoms with Crippen LogP contribution in [-0.2, 0) is 22.6 Å². The fourth-order valence-corrected chi connectivity index (χ4v) is 3.49. The van der Waals surface area contributed by atoms with Gasteiger partial charge >= 0.3 is 12.1 Å². The number of carbonyl (C=O) groups is 2. The molecule has 0 aliphatic carbocycles. The molecule has 128 valence electrons. The lowest BCUT2D eigenvalue weighted by atomic mass is 10.1. The Morgan fingerprint density at radius 3 is 2.56 bits per heavy atom. The zero-order valence-electron chi connectivity index (χ0n) is 13.3. The number of hydrogen-bond donors (Lipinski definition) is 2. The average Bonchev–Trinajstić information content (AvgIpc) is 3.03. The van der Waals surface area contributed by atoms with Crippen molar-refractivity contribution in [3.63, 3.8) is 0 Å². The van der Waals surface area contributed by atoms with Crippen molar-refractivity contribution in [2.45, 2.75) is 19.1 Å². The van der Waals surface area contributed by atoms with Crippen LogP contribution in [0, 0.1) is 0 Å². The Hall–Kier alpha value is -2.86. The number of nitrogens with one attached hydrogen (secondary N) is 1. The molecule has 1 amide bonds. The Bertz CT molecular complexity index is 875. The second-order valence-electron chi connectivity index (χ2n) is 5.56. The normalized spacial score (nSPS) is 11.8. The van der Waals surface area contributed by atoms with Gasteiger partial charge in [0.15, 0.2) is 0 Å². The molecule has 25 heavy (non-hydrogen) atoms. The van der Waals surface area contributed by atoms with Gasteiger partial charge in [-0.05, 0) is 28.0 Å². The summed E-state index contributed by atoms with van der Waals surface area (Å²) in [6, 6.07) is 16.0. The highest BCUT2D eigenvalue weighted by Gasteiger charge is 2.22. The minimum Gasteiger partial charge on any atom is -0.480 e. The number of benzene rings is 2. The van der Waals surface area contributed by atoms with Gasteiger partial charge in [0, 0.05) is 11.1 Å². The maximum absolute atomic E-state index is 11.9. The summed E-state index contributed by atoms with van der Waals surface area (Å²) in [6.45, 7) is 0.0976. The zero-order valence-corrected chi connectivity index (χ0v) is 14.2. The van der Waals surface area contributed by atoms with Gasteiger partial charge in [0.05, 0.1) is 0 Å². The van der Waals surface area contributed by atoms with Crippen molar-refractivity contribution >= 4 is 33.5 Å². The minimum absolute atomic E-state index is 0.0976. The Morgan fingerprint density at radius 1 is 1.08 bits per heavy atom. The minimum atomic E-state index is -1.09. The first-order valence-corrected chi connectivity index (χ1v) is 8.66. The second-order valence-corrected chi connectivity index (χ2v) is 6.47. The van der Waals surface area contributed by atoms with Crippen LogP contribution in [0.4, 0.5) is 4.79 Å². The first-order chi connectivity index (χ1) is 12.1. The summed E-state index contributed by atoms with van der Waals surface area (Å²) in [6.07, 6.45) is -0.532. The number of carboxylic acid groups (broad SMARTS) is 1. The lowest BCUT2D eigenvalue weighted by molar-refractivity contribution is -0.139. The van der Waals surface area contributed by atoms with Crippen LogP contribution in [-0.4, -0.2) is 23.2 Å². The Kier molecular flexibility index (Phi) is 5.30. The molecule has 1 heterocycles. The summed E-state index contributed by atoms with van der Waals surface area (Å²) in [5.41, 5.74) is 1.74. The van der Waals surface area contributed by atoms with E-state index in [2.05, 4.69) is 5.32 Å². The molecule has 0 saturated heterocycles. The molecule has 1 atom stereocenters. The second kappa shape index (κ2) is 7.81. The van der Waals surface area contributed by atoms with Crippen molar-refractivity contribution in [2.24, 2.45) is 0 Å². The molecular formula is C19H17NO4S. The van der Waals surface area contributed by atoms with Gasteiger partial charge in [-0.3, -0.25) is 0 Å². The van der Waals surface area contributed by atoms with E-state index in [4.69, 9.17) is 4.74 Å². The monoisotopic (exact) mass is 355 g/mol. The molecule has 3 aromatic rings. The van der Waals surface area contributed by atoms with Gasteiger partial charge in [-0.25, -0.2) is 9.59 Å². The van der Waals surface area contributed by atoms with Gasteiger partial charge in [0.2, 0.25) is 0 Å². The third-order valence-corrected chi connectivity index (χ3v) is 4.80. The summed E-state index contributed by atoms with van der Waals surface area (Å²) in [7, 11) is 0. The predicted molar refractivity (Wildman–Crippen MR) is 96.7 cm³/mol. The summed E-state index contributed by atoms with van der Waals surface area (Å²) in [5.74, 6) is -1.09. The van der Waals surface area contributed by atoms with Crippen molar-refractivity contribution in [1.82, 2.24) is 5.32 Å². The Morgan fingerprint density at radius 2 is 1.80 bits per heavy atom. The average molecular weight is 355 g/mol. The molecule has 0 radical (unpaired) electrons. The van der Waals surface area contributed by atoms with Gasteiger partial charge in [-0.15, -0.1) is 11.3 Å². The van der Waals surface area contributed by atoms with Gasteiger partial charge in [0.25, 0.3) is 0 Å². The molecular weight excluding hydrogens is 338 g/mol. The van der Waals surface area contributed by atoms with Crippen LogP contribution in [0.15, 0.2) is 60.0 Å². The molecule has 0 bridgehead atoms. The third kappa shape index (κ3) is 4.36. The van der Waals surface area contributed by atoms with Crippen LogP contribution in [0.5, 0.6) is 0 Å². The van der Waals surface area contributed by atoms with Crippen LogP contribution in [0.1, 0.15) is 11.1 Å². The van der Waals surface area contributed by atoms with Crippen molar-refractivity contribution in [3.05, 3.63) is 71.1 Å². The Balaban J connectivity index is 1.63.